The largest absolute Gasteiger partial charge is 0.338 e. The third-order valence-electron chi connectivity index (χ3n) is 2.18. The van der Waals surface area contributed by atoms with Gasteiger partial charge >= 0.3 is 6.03 Å². The van der Waals surface area contributed by atoms with Gasteiger partial charge in [-0.2, -0.15) is 5.26 Å². The second-order valence-electron chi connectivity index (χ2n) is 3.25. The van der Waals surface area contributed by atoms with Gasteiger partial charge in [0.2, 0.25) is 5.91 Å². The first-order valence-electron chi connectivity index (χ1n) is 5.26. The van der Waals surface area contributed by atoms with E-state index in [0.29, 0.717) is 13.1 Å². The van der Waals surface area contributed by atoms with Crippen LogP contribution in [-0.2, 0) is 4.79 Å². The highest BCUT2D eigenvalue weighted by atomic mass is 16.2. The predicted octanol–water partition coefficient (Wildman–Crippen LogP) is 0.0661. The summed E-state index contributed by atoms with van der Waals surface area (Å²) in [7, 11) is 0. The van der Waals surface area contributed by atoms with Gasteiger partial charge in [-0.15, -0.1) is 0 Å². The highest BCUT2D eigenvalue weighted by Gasteiger charge is 2.21. The number of carbonyl (C=O) groups is 2. The van der Waals surface area contributed by atoms with Gasteiger partial charge in [0.05, 0.1) is 18.7 Å². The van der Waals surface area contributed by atoms with E-state index in [0.717, 1.165) is 0 Å². The zero-order valence-electron chi connectivity index (χ0n) is 9.91. The van der Waals surface area contributed by atoms with E-state index < -0.39 is 18.0 Å². The molecule has 0 aromatic carbocycles. The van der Waals surface area contributed by atoms with E-state index in [1.165, 1.54) is 0 Å². The number of amides is 3. The third-order valence-corrected chi connectivity index (χ3v) is 2.18. The Bertz CT molecular complexity index is 285. The molecule has 2 N–H and O–H groups in total. The molecule has 0 saturated carbocycles. The van der Waals surface area contributed by atoms with Gasteiger partial charge in [-0.3, -0.25) is 15.0 Å². The smallest absolute Gasteiger partial charge is 0.321 e. The molecule has 0 saturated heterocycles. The molecule has 0 heterocycles. The topological polar surface area (TPSA) is 85.2 Å². The fourth-order valence-electron chi connectivity index (χ4n) is 1.20. The van der Waals surface area contributed by atoms with Crippen molar-refractivity contribution in [1.82, 2.24) is 15.5 Å². The molecule has 0 aliphatic carbocycles. The maximum atomic E-state index is 11.6. The molecule has 0 aliphatic heterocycles. The molecule has 0 bridgehead atoms. The highest BCUT2D eigenvalue weighted by molar-refractivity contribution is 5.96. The maximum Gasteiger partial charge on any atom is 0.321 e. The summed E-state index contributed by atoms with van der Waals surface area (Å²) in [4.78, 5) is 24.4. The summed E-state index contributed by atoms with van der Waals surface area (Å²) in [5.41, 5.74) is 0. The van der Waals surface area contributed by atoms with Crippen LogP contribution >= 0.6 is 0 Å². The van der Waals surface area contributed by atoms with E-state index in [9.17, 15) is 9.59 Å². The van der Waals surface area contributed by atoms with Gasteiger partial charge in [0.15, 0.2) is 0 Å². The van der Waals surface area contributed by atoms with E-state index in [1.807, 2.05) is 13.0 Å². The number of urea groups is 1. The summed E-state index contributed by atoms with van der Waals surface area (Å²) in [6.45, 7) is 6.49. The van der Waals surface area contributed by atoms with Crippen molar-refractivity contribution in [1.29, 1.82) is 5.26 Å². The Balaban J connectivity index is 4.26. The molecule has 0 aliphatic rings. The van der Waals surface area contributed by atoms with Crippen LogP contribution in [0.3, 0.4) is 0 Å². The quantitative estimate of drug-likeness (QED) is 0.649. The van der Waals surface area contributed by atoms with Crippen molar-refractivity contribution in [3.05, 3.63) is 0 Å². The summed E-state index contributed by atoms with van der Waals surface area (Å²) in [5.74, 6) is -0.400. The lowest BCUT2D eigenvalue weighted by Crippen LogP contribution is -2.49. The zero-order valence-corrected chi connectivity index (χ0v) is 9.91. The molecule has 0 fully saturated rings. The zero-order chi connectivity index (χ0) is 12.6. The Morgan fingerprint density at radius 2 is 2.06 bits per heavy atom. The summed E-state index contributed by atoms with van der Waals surface area (Å²) >= 11 is 0. The molecule has 6 heteroatoms. The number of hydrogen-bond donors (Lipinski definition) is 2. The van der Waals surface area contributed by atoms with Crippen molar-refractivity contribution < 1.29 is 9.59 Å². The van der Waals surface area contributed by atoms with Crippen LogP contribution in [0.4, 0.5) is 4.79 Å². The van der Waals surface area contributed by atoms with Crippen LogP contribution < -0.4 is 10.6 Å². The molecule has 1 atom stereocenters. The lowest BCUT2D eigenvalue weighted by atomic mass is 10.2. The second-order valence-corrected chi connectivity index (χ2v) is 3.25. The second kappa shape index (κ2) is 7.65. The van der Waals surface area contributed by atoms with Crippen molar-refractivity contribution in [2.75, 3.05) is 19.6 Å². The van der Waals surface area contributed by atoms with Gasteiger partial charge < -0.3 is 5.32 Å². The number of hydrogen-bond acceptors (Lipinski definition) is 4. The van der Waals surface area contributed by atoms with Crippen LogP contribution in [-0.4, -0.2) is 42.5 Å². The standard InChI is InChI=1S/C10H18N4O2/c1-4-12-10(16)13-9(15)8(3)14(5-2)7-6-11/h8H,4-5,7H2,1-3H3,(H2,12,13,15,16). The first-order valence-corrected chi connectivity index (χ1v) is 5.26. The van der Waals surface area contributed by atoms with Crippen molar-refractivity contribution in [2.45, 2.75) is 26.8 Å². The lowest BCUT2D eigenvalue weighted by molar-refractivity contribution is -0.124. The first-order chi connectivity index (χ1) is 7.56. The number of rotatable bonds is 5. The van der Waals surface area contributed by atoms with E-state index in [-0.39, 0.29) is 6.54 Å². The maximum absolute atomic E-state index is 11.6. The Labute approximate surface area is 95.6 Å². The number of imide groups is 1. The fraction of sp³-hybridized carbons (Fsp3) is 0.700. The molecule has 1 unspecified atom stereocenters. The molecule has 6 nitrogen and oxygen atoms in total. The summed E-state index contributed by atoms with van der Waals surface area (Å²) < 4.78 is 0. The molecule has 16 heavy (non-hydrogen) atoms. The number of nitrogens with one attached hydrogen (secondary N) is 2. The molecule has 90 valence electrons. The van der Waals surface area contributed by atoms with Crippen LogP contribution in [0, 0.1) is 11.3 Å². The van der Waals surface area contributed by atoms with Crippen molar-refractivity contribution >= 4 is 11.9 Å². The van der Waals surface area contributed by atoms with Crippen LogP contribution in [0.5, 0.6) is 0 Å². The average Bonchev–Trinajstić information content (AvgIpc) is 2.25. The molecular formula is C10H18N4O2. The van der Waals surface area contributed by atoms with Crippen LogP contribution in [0.15, 0.2) is 0 Å². The number of nitriles is 1. The minimum absolute atomic E-state index is 0.167. The Morgan fingerprint density at radius 3 is 2.50 bits per heavy atom. The summed E-state index contributed by atoms with van der Waals surface area (Å²) in [5, 5.41) is 13.2. The van der Waals surface area contributed by atoms with E-state index in [1.54, 1.807) is 18.7 Å². The van der Waals surface area contributed by atoms with E-state index in [4.69, 9.17) is 5.26 Å². The molecule has 0 rings (SSSR count). The minimum Gasteiger partial charge on any atom is -0.338 e. The van der Waals surface area contributed by atoms with Crippen LogP contribution in [0.25, 0.3) is 0 Å². The van der Waals surface area contributed by atoms with Crippen molar-refractivity contribution in [2.24, 2.45) is 0 Å². The minimum atomic E-state index is -0.507. The Hall–Kier alpha value is -1.61. The Kier molecular flexibility index (Phi) is 6.88. The Morgan fingerprint density at radius 1 is 1.44 bits per heavy atom. The SMILES string of the molecule is CCNC(=O)NC(=O)C(C)N(CC)CC#N. The lowest BCUT2D eigenvalue weighted by Gasteiger charge is -2.23. The monoisotopic (exact) mass is 226 g/mol. The number of carbonyl (C=O) groups excluding carboxylic acids is 2. The molecule has 0 radical (unpaired) electrons. The van der Waals surface area contributed by atoms with Gasteiger partial charge in [-0.05, 0) is 20.4 Å². The van der Waals surface area contributed by atoms with Gasteiger partial charge in [0.25, 0.3) is 0 Å². The third kappa shape index (κ3) is 4.75. The summed E-state index contributed by atoms with van der Waals surface area (Å²) in [6.07, 6.45) is 0. The van der Waals surface area contributed by atoms with Crippen molar-refractivity contribution in [3.63, 3.8) is 0 Å². The number of nitrogens with zero attached hydrogens (tertiary/aromatic N) is 2. The molecule has 0 aromatic rings. The van der Waals surface area contributed by atoms with Crippen molar-refractivity contribution in [3.8, 4) is 6.07 Å². The fourth-order valence-corrected chi connectivity index (χ4v) is 1.20. The van der Waals surface area contributed by atoms with Gasteiger partial charge in [0.1, 0.15) is 0 Å². The molecular weight excluding hydrogens is 208 g/mol. The average molecular weight is 226 g/mol. The molecule has 3 amide bonds. The molecule has 0 aromatic heterocycles. The normalized spacial score (nSPS) is 11.7. The highest BCUT2D eigenvalue weighted by Crippen LogP contribution is 1.97. The van der Waals surface area contributed by atoms with E-state index >= 15 is 0 Å². The van der Waals surface area contributed by atoms with E-state index in [2.05, 4.69) is 10.6 Å². The predicted molar refractivity (Wildman–Crippen MR) is 59.5 cm³/mol. The van der Waals surface area contributed by atoms with Gasteiger partial charge in [-0.1, -0.05) is 6.92 Å². The first kappa shape index (κ1) is 14.4. The molecule has 0 spiro atoms. The summed E-state index contributed by atoms with van der Waals surface area (Å²) in [6, 6.07) is 0.978. The van der Waals surface area contributed by atoms with Gasteiger partial charge in [-0.25, -0.2) is 4.79 Å². The van der Waals surface area contributed by atoms with Crippen LogP contribution in [0.1, 0.15) is 20.8 Å². The van der Waals surface area contributed by atoms with Gasteiger partial charge in [0, 0.05) is 6.54 Å². The number of likely N-dealkylation sites (N-methyl/N-ethyl adjacent to an activating group) is 1. The van der Waals surface area contributed by atoms with Crippen LogP contribution in [0.2, 0.25) is 0 Å².